The van der Waals surface area contributed by atoms with E-state index >= 15 is 0 Å². The third-order valence-electron chi connectivity index (χ3n) is 4.85. The van der Waals surface area contributed by atoms with E-state index in [9.17, 15) is 4.79 Å². The van der Waals surface area contributed by atoms with Gasteiger partial charge in [0, 0.05) is 12.0 Å². The molecule has 3 rings (SSSR count). The van der Waals surface area contributed by atoms with Crippen molar-refractivity contribution >= 4 is 34.8 Å². The molecule has 0 saturated carbocycles. The van der Waals surface area contributed by atoms with Gasteiger partial charge in [-0.1, -0.05) is 84.9 Å². The second kappa shape index (κ2) is 11.0. The molecule has 0 aliphatic carbocycles. The van der Waals surface area contributed by atoms with E-state index in [1.54, 1.807) is 6.08 Å². The average molecular weight is 445 g/mol. The molecule has 0 aliphatic rings. The molecular weight excluding hydrogens is 416 g/mol. The third kappa shape index (κ3) is 6.70. The summed E-state index contributed by atoms with van der Waals surface area (Å²) in [5.41, 5.74) is 6.23. The molecule has 32 heavy (non-hydrogen) atoms. The van der Waals surface area contributed by atoms with Crippen molar-refractivity contribution in [3.05, 3.63) is 113 Å². The van der Waals surface area contributed by atoms with Gasteiger partial charge in [0.25, 0.3) is 0 Å². The molecule has 164 valence electrons. The van der Waals surface area contributed by atoms with Crippen LogP contribution in [-0.2, 0) is 9.53 Å². The van der Waals surface area contributed by atoms with Gasteiger partial charge in [-0.2, -0.15) is 0 Å². The zero-order valence-corrected chi connectivity index (χ0v) is 19.6. The van der Waals surface area contributed by atoms with Crippen molar-refractivity contribution in [3.63, 3.8) is 0 Å². The third-order valence-corrected chi connectivity index (χ3v) is 5.04. The van der Waals surface area contributed by atoms with E-state index in [0.29, 0.717) is 5.88 Å². The molecule has 0 bridgehead atoms. The van der Waals surface area contributed by atoms with Crippen LogP contribution < -0.4 is 0 Å². The van der Waals surface area contributed by atoms with Crippen molar-refractivity contribution in [2.45, 2.75) is 32.8 Å². The summed E-state index contributed by atoms with van der Waals surface area (Å²) in [5.74, 6) is 0.192. The van der Waals surface area contributed by atoms with Gasteiger partial charge >= 0.3 is 5.97 Å². The van der Waals surface area contributed by atoms with Gasteiger partial charge in [-0.05, 0) is 66.7 Å². The van der Waals surface area contributed by atoms with Gasteiger partial charge in [-0.25, -0.2) is 4.79 Å². The number of ether oxygens (including phenoxy) is 1. The Bertz CT molecular complexity index is 1070. The van der Waals surface area contributed by atoms with Crippen molar-refractivity contribution in [3.8, 4) is 0 Å². The molecule has 0 atom stereocenters. The van der Waals surface area contributed by atoms with Gasteiger partial charge in [0.1, 0.15) is 5.60 Å². The van der Waals surface area contributed by atoms with Crippen LogP contribution in [0.15, 0.2) is 91.0 Å². The van der Waals surface area contributed by atoms with E-state index in [4.69, 9.17) is 16.3 Å². The summed E-state index contributed by atoms with van der Waals surface area (Å²) in [6.07, 6.45) is 4.01. The fraction of sp³-hybridized carbons (Fsp3) is 0.207. The number of benzene rings is 3. The first-order valence-corrected chi connectivity index (χ1v) is 11.3. The molecule has 0 saturated heterocycles. The average Bonchev–Trinajstić information content (AvgIpc) is 2.78. The summed E-state index contributed by atoms with van der Waals surface area (Å²) >= 11 is 6.22. The quantitative estimate of drug-likeness (QED) is 0.162. The molecule has 0 heterocycles. The van der Waals surface area contributed by atoms with Crippen LogP contribution in [0.4, 0.5) is 0 Å². The van der Waals surface area contributed by atoms with E-state index in [1.165, 1.54) is 22.8 Å². The number of carbonyl (C=O) groups excluding carboxylic acids is 1. The number of allylic oxidation sites excluding steroid dienone is 1. The van der Waals surface area contributed by atoms with Gasteiger partial charge in [0.15, 0.2) is 0 Å². The molecule has 3 aromatic carbocycles. The van der Waals surface area contributed by atoms with Crippen LogP contribution >= 0.6 is 11.6 Å². The van der Waals surface area contributed by atoms with E-state index in [2.05, 4.69) is 60.7 Å². The van der Waals surface area contributed by atoms with E-state index in [-0.39, 0.29) is 5.97 Å². The van der Waals surface area contributed by atoms with Crippen LogP contribution in [0, 0.1) is 0 Å². The number of esters is 1. The lowest BCUT2D eigenvalue weighted by Crippen LogP contribution is -2.22. The lowest BCUT2D eigenvalue weighted by atomic mass is 9.88. The molecular formula is C29H29ClO2. The number of rotatable bonds is 7. The number of halogens is 1. The molecule has 0 aliphatic heterocycles. The SMILES string of the molecule is CC(C)(C)OC(=O)/C=C/c1ccc(/C(=C(/CCCl)c2ccccc2)c2ccccc2)cc1. The van der Waals surface area contributed by atoms with Crippen molar-refractivity contribution in [1.82, 2.24) is 0 Å². The summed E-state index contributed by atoms with van der Waals surface area (Å²) in [5, 5.41) is 0. The Morgan fingerprint density at radius 1 is 0.812 bits per heavy atom. The summed E-state index contributed by atoms with van der Waals surface area (Å²) in [7, 11) is 0. The largest absolute Gasteiger partial charge is 0.457 e. The second-order valence-corrected chi connectivity index (χ2v) is 8.89. The fourth-order valence-corrected chi connectivity index (χ4v) is 3.72. The number of hydrogen-bond acceptors (Lipinski definition) is 2. The molecule has 0 aromatic heterocycles. The minimum atomic E-state index is -0.503. The minimum Gasteiger partial charge on any atom is -0.457 e. The predicted octanol–water partition coefficient (Wildman–Crippen LogP) is 7.63. The van der Waals surface area contributed by atoms with Crippen LogP contribution in [0.1, 0.15) is 49.4 Å². The number of carbonyl (C=O) groups is 1. The van der Waals surface area contributed by atoms with Crippen LogP contribution in [-0.4, -0.2) is 17.5 Å². The molecule has 3 aromatic rings. The van der Waals surface area contributed by atoms with E-state index in [1.807, 2.05) is 45.0 Å². The van der Waals surface area contributed by atoms with Gasteiger partial charge in [-0.15, -0.1) is 11.6 Å². The summed E-state index contributed by atoms with van der Waals surface area (Å²) in [6.45, 7) is 5.57. The first-order chi connectivity index (χ1) is 15.4. The van der Waals surface area contributed by atoms with Gasteiger partial charge < -0.3 is 4.74 Å². The zero-order chi connectivity index (χ0) is 23.0. The monoisotopic (exact) mass is 444 g/mol. The highest BCUT2D eigenvalue weighted by atomic mass is 35.5. The maximum atomic E-state index is 12.0. The Balaban J connectivity index is 2.01. The lowest BCUT2D eigenvalue weighted by molar-refractivity contribution is -0.148. The van der Waals surface area contributed by atoms with Crippen LogP contribution in [0.3, 0.4) is 0 Å². The first kappa shape index (κ1) is 23.6. The number of alkyl halides is 1. The van der Waals surface area contributed by atoms with Crippen LogP contribution in [0.25, 0.3) is 17.2 Å². The Hall–Kier alpha value is -3.10. The maximum absolute atomic E-state index is 12.0. The Morgan fingerprint density at radius 3 is 1.88 bits per heavy atom. The van der Waals surface area contributed by atoms with E-state index < -0.39 is 5.60 Å². The van der Waals surface area contributed by atoms with Crippen molar-refractivity contribution in [1.29, 1.82) is 0 Å². The van der Waals surface area contributed by atoms with Crippen molar-refractivity contribution in [2.24, 2.45) is 0 Å². The smallest absolute Gasteiger partial charge is 0.331 e. The van der Waals surface area contributed by atoms with Crippen LogP contribution in [0.5, 0.6) is 0 Å². The molecule has 0 fully saturated rings. The second-order valence-electron chi connectivity index (χ2n) is 8.51. The lowest BCUT2D eigenvalue weighted by Gasteiger charge is -2.18. The highest BCUT2D eigenvalue weighted by molar-refractivity contribution is 6.18. The number of hydrogen-bond donors (Lipinski definition) is 0. The summed E-state index contributed by atoms with van der Waals surface area (Å²) in [6, 6.07) is 29.0. The molecule has 2 nitrogen and oxygen atoms in total. The van der Waals surface area contributed by atoms with Gasteiger partial charge in [0.05, 0.1) is 0 Å². The van der Waals surface area contributed by atoms with Gasteiger partial charge in [0.2, 0.25) is 0 Å². The molecule has 0 radical (unpaired) electrons. The minimum absolute atomic E-state index is 0.347. The van der Waals surface area contributed by atoms with Crippen molar-refractivity contribution in [2.75, 3.05) is 5.88 Å². The Morgan fingerprint density at radius 2 is 1.34 bits per heavy atom. The zero-order valence-electron chi connectivity index (χ0n) is 18.8. The molecule has 0 spiro atoms. The van der Waals surface area contributed by atoms with E-state index in [0.717, 1.165) is 23.1 Å². The van der Waals surface area contributed by atoms with Crippen LogP contribution in [0.2, 0.25) is 0 Å². The highest BCUT2D eigenvalue weighted by Gasteiger charge is 2.15. The van der Waals surface area contributed by atoms with Crippen molar-refractivity contribution < 1.29 is 9.53 Å². The first-order valence-electron chi connectivity index (χ1n) is 10.8. The maximum Gasteiger partial charge on any atom is 0.331 e. The normalized spacial score (nSPS) is 12.5. The van der Waals surface area contributed by atoms with Gasteiger partial charge in [-0.3, -0.25) is 0 Å². The Labute approximate surface area is 196 Å². The summed E-state index contributed by atoms with van der Waals surface area (Å²) in [4.78, 5) is 12.0. The fourth-order valence-electron chi connectivity index (χ4n) is 3.53. The summed E-state index contributed by atoms with van der Waals surface area (Å²) < 4.78 is 5.34. The molecule has 3 heteroatoms. The Kier molecular flexibility index (Phi) is 8.08. The molecule has 0 N–H and O–H groups in total. The topological polar surface area (TPSA) is 26.3 Å². The highest BCUT2D eigenvalue weighted by Crippen LogP contribution is 2.34. The molecule has 0 amide bonds. The molecule has 0 unspecified atom stereocenters. The predicted molar refractivity (Wildman–Crippen MR) is 135 cm³/mol. The standard InChI is InChI=1S/C29H29ClO2/c1-29(2,3)32-27(31)19-16-22-14-17-25(18-15-22)28(24-12-8-5-9-13-24)26(20-21-30)23-10-6-4-7-11-23/h4-19H,20-21H2,1-3H3/b19-16+,28-26-.